The molecule has 116 valence electrons. The molecule has 1 heterocycles. The molecule has 1 aliphatic carbocycles. The first kappa shape index (κ1) is 15.6. The topological polar surface area (TPSA) is 91.6 Å². The summed E-state index contributed by atoms with van der Waals surface area (Å²) in [5, 5.41) is 15.4. The zero-order valence-corrected chi connectivity index (χ0v) is 12.1. The van der Waals surface area contributed by atoms with E-state index in [1.807, 2.05) is 0 Å². The van der Waals surface area contributed by atoms with Gasteiger partial charge in [-0.1, -0.05) is 19.3 Å². The summed E-state index contributed by atoms with van der Waals surface area (Å²) in [5.74, 6) is 0.0918. The van der Waals surface area contributed by atoms with E-state index in [9.17, 15) is 14.7 Å². The van der Waals surface area contributed by atoms with Crippen LogP contribution in [-0.2, 0) is 16.1 Å². The Balaban J connectivity index is 1.65. The average molecular weight is 294 g/mol. The Morgan fingerprint density at radius 3 is 2.62 bits per heavy atom. The number of furan rings is 1. The van der Waals surface area contributed by atoms with Crippen molar-refractivity contribution in [2.24, 2.45) is 0 Å². The Labute approximate surface area is 123 Å². The first-order valence-electron chi connectivity index (χ1n) is 7.36. The van der Waals surface area contributed by atoms with Gasteiger partial charge in [-0.15, -0.1) is 0 Å². The van der Waals surface area contributed by atoms with E-state index in [2.05, 4.69) is 10.6 Å². The quantitative estimate of drug-likeness (QED) is 0.732. The SMILES string of the molecule is O=C(CNC(=O)CC1(O)CCCCC1)NCc1ccco1. The standard InChI is InChI=1S/C15H22N2O4/c18-13(9-15(20)6-2-1-3-7-15)17-11-14(19)16-10-12-5-4-8-21-12/h4-5,8,20H,1-3,6-7,9-11H2,(H,16,19)(H,17,18). The van der Waals surface area contributed by atoms with Crippen molar-refractivity contribution < 1.29 is 19.1 Å². The zero-order valence-electron chi connectivity index (χ0n) is 12.1. The molecule has 0 radical (unpaired) electrons. The van der Waals surface area contributed by atoms with Gasteiger partial charge < -0.3 is 20.2 Å². The number of rotatable bonds is 6. The monoisotopic (exact) mass is 294 g/mol. The van der Waals surface area contributed by atoms with Crippen LogP contribution in [0.1, 0.15) is 44.3 Å². The van der Waals surface area contributed by atoms with Gasteiger partial charge in [0.1, 0.15) is 5.76 Å². The van der Waals surface area contributed by atoms with E-state index in [0.29, 0.717) is 25.1 Å². The number of carbonyl (C=O) groups excluding carboxylic acids is 2. The van der Waals surface area contributed by atoms with Crippen LogP contribution < -0.4 is 10.6 Å². The van der Waals surface area contributed by atoms with Crippen LogP contribution in [0.15, 0.2) is 22.8 Å². The number of aliphatic hydroxyl groups is 1. The van der Waals surface area contributed by atoms with Crippen LogP contribution in [0.25, 0.3) is 0 Å². The van der Waals surface area contributed by atoms with Crippen molar-refractivity contribution in [3.8, 4) is 0 Å². The lowest BCUT2D eigenvalue weighted by atomic mass is 9.82. The van der Waals surface area contributed by atoms with Crippen LogP contribution in [0, 0.1) is 0 Å². The molecule has 0 unspecified atom stereocenters. The maximum atomic E-state index is 11.8. The molecule has 1 saturated carbocycles. The lowest BCUT2D eigenvalue weighted by Crippen LogP contribution is -2.41. The van der Waals surface area contributed by atoms with E-state index in [0.717, 1.165) is 19.3 Å². The van der Waals surface area contributed by atoms with E-state index in [4.69, 9.17) is 4.42 Å². The molecular weight excluding hydrogens is 272 g/mol. The third-order valence-electron chi connectivity index (χ3n) is 3.76. The lowest BCUT2D eigenvalue weighted by molar-refractivity contribution is -0.130. The van der Waals surface area contributed by atoms with E-state index in [-0.39, 0.29) is 24.8 Å². The van der Waals surface area contributed by atoms with E-state index >= 15 is 0 Å². The maximum Gasteiger partial charge on any atom is 0.239 e. The second kappa shape index (κ2) is 7.26. The minimum Gasteiger partial charge on any atom is -0.467 e. The Morgan fingerprint density at radius 1 is 1.19 bits per heavy atom. The summed E-state index contributed by atoms with van der Waals surface area (Å²) in [4.78, 5) is 23.4. The maximum absolute atomic E-state index is 11.8. The number of amides is 2. The highest BCUT2D eigenvalue weighted by atomic mass is 16.3. The summed E-state index contributed by atoms with van der Waals surface area (Å²) in [6.07, 6.45) is 5.93. The molecule has 1 aliphatic rings. The highest BCUT2D eigenvalue weighted by Crippen LogP contribution is 2.30. The molecule has 0 aliphatic heterocycles. The second-order valence-electron chi connectivity index (χ2n) is 5.59. The van der Waals surface area contributed by atoms with Gasteiger partial charge in [-0.3, -0.25) is 9.59 Å². The number of nitrogens with one attached hydrogen (secondary N) is 2. The number of hydrogen-bond acceptors (Lipinski definition) is 4. The Bertz CT molecular complexity index is 464. The third-order valence-corrected chi connectivity index (χ3v) is 3.76. The average Bonchev–Trinajstić information content (AvgIpc) is 2.96. The number of hydrogen-bond donors (Lipinski definition) is 3. The summed E-state index contributed by atoms with van der Waals surface area (Å²) in [7, 11) is 0. The van der Waals surface area contributed by atoms with E-state index in [1.54, 1.807) is 12.1 Å². The summed E-state index contributed by atoms with van der Waals surface area (Å²) >= 11 is 0. The normalized spacial score (nSPS) is 17.2. The van der Waals surface area contributed by atoms with Crippen LogP contribution >= 0.6 is 0 Å². The molecule has 1 fully saturated rings. The van der Waals surface area contributed by atoms with Crippen molar-refractivity contribution in [1.82, 2.24) is 10.6 Å². The molecule has 0 bridgehead atoms. The van der Waals surface area contributed by atoms with Crippen molar-refractivity contribution in [3.63, 3.8) is 0 Å². The Hall–Kier alpha value is -1.82. The fourth-order valence-corrected chi connectivity index (χ4v) is 2.59. The van der Waals surface area contributed by atoms with Gasteiger partial charge >= 0.3 is 0 Å². The van der Waals surface area contributed by atoms with Gasteiger partial charge in [0.05, 0.1) is 31.4 Å². The molecule has 6 nitrogen and oxygen atoms in total. The first-order valence-corrected chi connectivity index (χ1v) is 7.36. The predicted molar refractivity (Wildman–Crippen MR) is 76.2 cm³/mol. The molecule has 2 rings (SSSR count). The summed E-state index contributed by atoms with van der Waals surface area (Å²) in [6, 6.07) is 3.51. The van der Waals surface area contributed by atoms with Crippen LogP contribution in [0.4, 0.5) is 0 Å². The highest BCUT2D eigenvalue weighted by Gasteiger charge is 2.31. The van der Waals surface area contributed by atoms with Crippen molar-refractivity contribution in [2.75, 3.05) is 6.54 Å². The van der Waals surface area contributed by atoms with Crippen molar-refractivity contribution >= 4 is 11.8 Å². The third kappa shape index (κ3) is 5.23. The van der Waals surface area contributed by atoms with Crippen molar-refractivity contribution in [1.29, 1.82) is 0 Å². The van der Waals surface area contributed by atoms with Gasteiger partial charge in [-0.2, -0.15) is 0 Å². The molecule has 2 amide bonds. The smallest absolute Gasteiger partial charge is 0.239 e. The Kier molecular flexibility index (Phi) is 5.38. The molecule has 1 aromatic heterocycles. The second-order valence-corrected chi connectivity index (χ2v) is 5.59. The zero-order chi connectivity index (χ0) is 15.1. The minimum absolute atomic E-state index is 0.0679. The molecule has 0 spiro atoms. The van der Waals surface area contributed by atoms with Gasteiger partial charge in [-0.25, -0.2) is 0 Å². The molecule has 0 saturated heterocycles. The first-order chi connectivity index (χ1) is 10.1. The van der Waals surface area contributed by atoms with Crippen LogP contribution in [0.2, 0.25) is 0 Å². The fraction of sp³-hybridized carbons (Fsp3) is 0.600. The van der Waals surface area contributed by atoms with Crippen molar-refractivity contribution in [3.05, 3.63) is 24.2 Å². The lowest BCUT2D eigenvalue weighted by Gasteiger charge is -2.31. The van der Waals surface area contributed by atoms with Gasteiger partial charge in [0.15, 0.2) is 0 Å². The van der Waals surface area contributed by atoms with Gasteiger partial charge in [0, 0.05) is 0 Å². The minimum atomic E-state index is -0.896. The molecule has 6 heteroatoms. The van der Waals surface area contributed by atoms with Gasteiger partial charge in [0.2, 0.25) is 11.8 Å². The van der Waals surface area contributed by atoms with Crippen LogP contribution in [-0.4, -0.2) is 29.1 Å². The molecule has 3 N–H and O–H groups in total. The summed E-state index contributed by atoms with van der Waals surface area (Å²) in [6.45, 7) is 0.210. The molecule has 0 aromatic carbocycles. The van der Waals surface area contributed by atoms with Gasteiger partial charge in [-0.05, 0) is 25.0 Å². The van der Waals surface area contributed by atoms with Crippen LogP contribution in [0.3, 0.4) is 0 Å². The van der Waals surface area contributed by atoms with Gasteiger partial charge in [0.25, 0.3) is 0 Å². The van der Waals surface area contributed by atoms with E-state index < -0.39 is 5.60 Å². The molecular formula is C15H22N2O4. The van der Waals surface area contributed by atoms with Crippen molar-refractivity contribution in [2.45, 2.75) is 50.7 Å². The summed E-state index contributed by atoms with van der Waals surface area (Å²) in [5.41, 5.74) is -0.896. The fourth-order valence-electron chi connectivity index (χ4n) is 2.59. The molecule has 0 atom stereocenters. The number of carbonyl (C=O) groups is 2. The summed E-state index contributed by atoms with van der Waals surface area (Å²) < 4.78 is 5.09. The highest BCUT2D eigenvalue weighted by molar-refractivity contribution is 5.85. The Morgan fingerprint density at radius 2 is 1.95 bits per heavy atom. The molecule has 21 heavy (non-hydrogen) atoms. The molecule has 1 aromatic rings. The van der Waals surface area contributed by atoms with Crippen LogP contribution in [0.5, 0.6) is 0 Å². The largest absolute Gasteiger partial charge is 0.467 e. The van der Waals surface area contributed by atoms with E-state index in [1.165, 1.54) is 6.26 Å². The predicted octanol–water partition coefficient (Wildman–Crippen LogP) is 1.10.